The van der Waals surface area contributed by atoms with E-state index in [0.29, 0.717) is 5.69 Å². The van der Waals surface area contributed by atoms with E-state index in [1.807, 2.05) is 20.8 Å². The third kappa shape index (κ3) is 5.82. The average Bonchev–Trinajstić information content (AvgIpc) is 2.82. The Morgan fingerprint density at radius 3 is 1.81 bits per heavy atom. The molecule has 0 aromatic heterocycles. The zero-order valence-electron chi connectivity index (χ0n) is 21.3. The SMILES string of the molecule is CC(C)[C@@H](C)N(C)S(=O)(=O)c1ccc(-c2ccc(NC(=O)C(C)(C)c3cc(F)cc(F)c3)cc2)cc1. The van der Waals surface area contributed by atoms with E-state index in [2.05, 4.69) is 5.32 Å². The molecule has 0 heterocycles. The van der Waals surface area contributed by atoms with Gasteiger partial charge in [-0.05, 0) is 79.8 Å². The van der Waals surface area contributed by atoms with Gasteiger partial charge in [0.2, 0.25) is 15.9 Å². The number of carbonyl (C=O) groups is 1. The molecule has 192 valence electrons. The van der Waals surface area contributed by atoms with Gasteiger partial charge in [0.1, 0.15) is 11.6 Å². The number of nitrogens with one attached hydrogen (secondary N) is 1. The molecule has 0 aliphatic rings. The maximum atomic E-state index is 13.6. The largest absolute Gasteiger partial charge is 0.325 e. The molecule has 1 atom stereocenters. The number of hydrogen-bond donors (Lipinski definition) is 1. The van der Waals surface area contributed by atoms with Gasteiger partial charge in [0.25, 0.3) is 0 Å². The number of anilines is 1. The van der Waals surface area contributed by atoms with Crippen LogP contribution in [0.15, 0.2) is 71.6 Å². The second-order valence-electron chi connectivity index (χ2n) is 9.84. The summed E-state index contributed by atoms with van der Waals surface area (Å²) in [6, 6.07) is 16.7. The first kappa shape index (κ1) is 27.5. The molecule has 0 fully saturated rings. The van der Waals surface area contributed by atoms with Crippen molar-refractivity contribution in [2.24, 2.45) is 5.92 Å². The van der Waals surface area contributed by atoms with Gasteiger partial charge in [0.05, 0.1) is 10.3 Å². The van der Waals surface area contributed by atoms with E-state index in [-0.39, 0.29) is 22.4 Å². The van der Waals surface area contributed by atoms with Crippen LogP contribution in [-0.2, 0) is 20.2 Å². The number of rotatable bonds is 8. The lowest BCUT2D eigenvalue weighted by atomic mass is 9.83. The topological polar surface area (TPSA) is 66.5 Å². The van der Waals surface area contributed by atoms with Crippen LogP contribution in [0.2, 0.25) is 0 Å². The fourth-order valence-electron chi connectivity index (χ4n) is 3.70. The highest BCUT2D eigenvalue weighted by Gasteiger charge is 2.31. The van der Waals surface area contributed by atoms with Gasteiger partial charge < -0.3 is 5.32 Å². The molecule has 3 rings (SSSR count). The molecule has 3 aromatic rings. The Balaban J connectivity index is 1.75. The van der Waals surface area contributed by atoms with E-state index in [1.54, 1.807) is 69.4 Å². The number of carbonyl (C=O) groups excluding carboxylic acids is 1. The fourth-order valence-corrected chi connectivity index (χ4v) is 5.20. The van der Waals surface area contributed by atoms with Crippen molar-refractivity contribution >= 4 is 21.6 Å². The number of halogens is 2. The van der Waals surface area contributed by atoms with Crippen molar-refractivity contribution in [1.82, 2.24) is 4.31 Å². The monoisotopic (exact) mass is 514 g/mol. The Morgan fingerprint density at radius 1 is 0.861 bits per heavy atom. The maximum absolute atomic E-state index is 13.6. The quantitative estimate of drug-likeness (QED) is 0.389. The van der Waals surface area contributed by atoms with Crippen LogP contribution < -0.4 is 5.32 Å². The molecule has 5 nitrogen and oxygen atoms in total. The second kappa shape index (κ2) is 10.5. The van der Waals surface area contributed by atoms with Crippen molar-refractivity contribution in [2.75, 3.05) is 12.4 Å². The molecule has 0 saturated heterocycles. The highest BCUT2D eigenvalue weighted by atomic mass is 32.2. The minimum atomic E-state index is -3.61. The molecule has 0 spiro atoms. The van der Waals surface area contributed by atoms with Crippen LogP contribution >= 0.6 is 0 Å². The Labute approximate surface area is 212 Å². The summed E-state index contributed by atoms with van der Waals surface area (Å²) < 4.78 is 54.6. The summed E-state index contributed by atoms with van der Waals surface area (Å²) in [5, 5.41) is 2.79. The molecule has 1 amide bonds. The molecule has 0 bridgehead atoms. The molecular formula is C28H32F2N2O3S. The van der Waals surface area contributed by atoms with Gasteiger partial charge >= 0.3 is 0 Å². The van der Waals surface area contributed by atoms with E-state index >= 15 is 0 Å². The van der Waals surface area contributed by atoms with Crippen molar-refractivity contribution in [2.45, 2.75) is 51.0 Å². The number of nitrogens with zero attached hydrogens (tertiary/aromatic N) is 1. The van der Waals surface area contributed by atoms with Crippen molar-refractivity contribution in [3.05, 3.63) is 83.9 Å². The average molecular weight is 515 g/mol. The maximum Gasteiger partial charge on any atom is 0.243 e. The summed E-state index contributed by atoms with van der Waals surface area (Å²) in [7, 11) is -2.02. The third-order valence-electron chi connectivity index (χ3n) is 6.70. The first-order valence-corrected chi connectivity index (χ1v) is 13.1. The Bertz CT molecular complexity index is 1320. The molecule has 0 unspecified atom stereocenters. The van der Waals surface area contributed by atoms with Gasteiger partial charge in [0, 0.05) is 24.8 Å². The van der Waals surface area contributed by atoms with Crippen molar-refractivity contribution in [3.63, 3.8) is 0 Å². The number of sulfonamides is 1. The van der Waals surface area contributed by atoms with Crippen LogP contribution in [-0.4, -0.2) is 31.7 Å². The molecule has 0 saturated carbocycles. The van der Waals surface area contributed by atoms with Crippen LogP contribution in [0.5, 0.6) is 0 Å². The first-order chi connectivity index (χ1) is 16.7. The zero-order chi connectivity index (χ0) is 26.8. The first-order valence-electron chi connectivity index (χ1n) is 11.7. The van der Waals surface area contributed by atoms with Crippen LogP contribution in [0.1, 0.15) is 40.2 Å². The lowest BCUT2D eigenvalue weighted by molar-refractivity contribution is -0.120. The van der Waals surface area contributed by atoms with Crippen LogP contribution in [0, 0.1) is 17.6 Å². The summed E-state index contributed by atoms with van der Waals surface area (Å²) in [6.45, 7) is 9.04. The summed E-state index contributed by atoms with van der Waals surface area (Å²) >= 11 is 0. The predicted octanol–water partition coefficient (Wildman–Crippen LogP) is 6.21. The summed E-state index contributed by atoms with van der Waals surface area (Å²) in [6.07, 6.45) is 0. The van der Waals surface area contributed by atoms with E-state index in [1.165, 1.54) is 4.31 Å². The molecule has 36 heavy (non-hydrogen) atoms. The van der Waals surface area contributed by atoms with Crippen LogP contribution in [0.4, 0.5) is 14.5 Å². The highest BCUT2D eigenvalue weighted by molar-refractivity contribution is 7.89. The summed E-state index contributed by atoms with van der Waals surface area (Å²) in [4.78, 5) is 13.1. The van der Waals surface area contributed by atoms with Gasteiger partial charge in [0.15, 0.2) is 0 Å². The Hall–Kier alpha value is -3.10. The van der Waals surface area contributed by atoms with Gasteiger partial charge in [-0.1, -0.05) is 38.1 Å². The van der Waals surface area contributed by atoms with E-state index in [9.17, 15) is 22.0 Å². The highest BCUT2D eigenvalue weighted by Crippen LogP contribution is 2.29. The van der Waals surface area contributed by atoms with Crippen LogP contribution in [0.25, 0.3) is 11.1 Å². The normalized spacial score (nSPS) is 13.2. The fraction of sp³-hybridized carbons (Fsp3) is 0.321. The predicted molar refractivity (Wildman–Crippen MR) is 139 cm³/mol. The van der Waals surface area contributed by atoms with E-state index in [4.69, 9.17) is 0 Å². The van der Waals surface area contributed by atoms with Gasteiger partial charge in [-0.15, -0.1) is 0 Å². The molecule has 0 aliphatic carbocycles. The number of amides is 1. The summed E-state index contributed by atoms with van der Waals surface area (Å²) in [5.74, 6) is -1.71. The minimum Gasteiger partial charge on any atom is -0.325 e. The van der Waals surface area contributed by atoms with Crippen LogP contribution in [0.3, 0.4) is 0 Å². The second-order valence-corrected chi connectivity index (χ2v) is 11.8. The molecule has 1 N–H and O–H groups in total. The van der Waals surface area contributed by atoms with E-state index in [0.717, 1.165) is 29.3 Å². The van der Waals surface area contributed by atoms with Gasteiger partial charge in [-0.3, -0.25) is 4.79 Å². The molecular weight excluding hydrogens is 482 g/mol. The molecule has 0 radical (unpaired) electrons. The minimum absolute atomic E-state index is 0.137. The lowest BCUT2D eigenvalue weighted by Gasteiger charge is -2.27. The van der Waals surface area contributed by atoms with Gasteiger partial charge in [-0.2, -0.15) is 4.31 Å². The Kier molecular flexibility index (Phi) is 8.00. The standard InChI is InChI=1S/C28H32F2N2O3S/c1-18(2)19(3)32(6)36(34,35)26-13-9-21(10-14-26)20-7-11-25(12-8-20)31-27(33)28(4,5)22-15-23(29)17-24(30)16-22/h7-19H,1-6H3,(H,31,33)/t19-/m1/s1. The zero-order valence-corrected chi connectivity index (χ0v) is 22.2. The smallest absolute Gasteiger partial charge is 0.243 e. The number of hydrogen-bond acceptors (Lipinski definition) is 3. The summed E-state index contributed by atoms with van der Waals surface area (Å²) in [5.41, 5.74) is 1.26. The van der Waals surface area contributed by atoms with Crippen molar-refractivity contribution in [3.8, 4) is 11.1 Å². The number of benzene rings is 3. The van der Waals surface area contributed by atoms with E-state index < -0.39 is 33.0 Å². The van der Waals surface area contributed by atoms with Gasteiger partial charge in [-0.25, -0.2) is 17.2 Å². The molecule has 3 aromatic carbocycles. The van der Waals surface area contributed by atoms with Crippen molar-refractivity contribution < 1.29 is 22.0 Å². The Morgan fingerprint density at radius 2 is 1.33 bits per heavy atom. The lowest BCUT2D eigenvalue weighted by Crippen LogP contribution is -2.38. The third-order valence-corrected chi connectivity index (χ3v) is 8.66. The molecule has 8 heteroatoms. The van der Waals surface area contributed by atoms with Crippen molar-refractivity contribution in [1.29, 1.82) is 0 Å². The molecule has 0 aliphatic heterocycles.